The smallest absolute Gasteiger partial charge is 0.411 e. The Balaban J connectivity index is 1.79. The molecular formula is C25H27NO5. The largest absolute Gasteiger partial charge is 0.489 e. The molecule has 0 aliphatic carbocycles. The van der Waals surface area contributed by atoms with Gasteiger partial charge >= 0.3 is 12.1 Å². The van der Waals surface area contributed by atoms with Gasteiger partial charge in [0.15, 0.2) is 6.04 Å². The van der Waals surface area contributed by atoms with Crippen LogP contribution in [0.3, 0.4) is 0 Å². The van der Waals surface area contributed by atoms with Crippen molar-refractivity contribution in [2.24, 2.45) is 0 Å². The average Bonchev–Trinajstić information content (AvgIpc) is 2.75. The fraction of sp³-hybridized carbons (Fsp3) is 0.360. The molecule has 1 heterocycles. The maximum Gasteiger partial charge on any atom is 0.411 e. The van der Waals surface area contributed by atoms with Crippen molar-refractivity contribution in [1.29, 1.82) is 0 Å². The average molecular weight is 421 g/mol. The summed E-state index contributed by atoms with van der Waals surface area (Å²) >= 11 is 0. The molecule has 162 valence electrons. The van der Waals surface area contributed by atoms with Crippen molar-refractivity contribution >= 4 is 12.1 Å². The zero-order valence-corrected chi connectivity index (χ0v) is 18.3. The summed E-state index contributed by atoms with van der Waals surface area (Å²) < 4.78 is 16.4. The van der Waals surface area contributed by atoms with Crippen molar-refractivity contribution in [3.8, 4) is 18.1 Å². The van der Waals surface area contributed by atoms with Crippen molar-refractivity contribution < 1.29 is 23.8 Å². The van der Waals surface area contributed by atoms with Crippen LogP contribution in [0.25, 0.3) is 0 Å². The van der Waals surface area contributed by atoms with E-state index in [4.69, 9.17) is 20.6 Å². The second-order valence-electron chi connectivity index (χ2n) is 8.34. The zero-order valence-electron chi connectivity index (χ0n) is 18.3. The number of ether oxygens (including phenoxy) is 3. The summed E-state index contributed by atoms with van der Waals surface area (Å²) in [7, 11) is 1.31. The Morgan fingerprint density at radius 3 is 2.48 bits per heavy atom. The van der Waals surface area contributed by atoms with Crippen molar-refractivity contribution in [1.82, 2.24) is 4.90 Å². The molecule has 0 radical (unpaired) electrons. The van der Waals surface area contributed by atoms with E-state index in [1.165, 1.54) is 12.0 Å². The molecule has 31 heavy (non-hydrogen) atoms. The Kier molecular flexibility index (Phi) is 6.55. The molecular weight excluding hydrogens is 394 g/mol. The predicted octanol–water partition coefficient (Wildman–Crippen LogP) is 4.25. The van der Waals surface area contributed by atoms with Crippen LogP contribution in [0, 0.1) is 12.3 Å². The Labute approximate surface area is 183 Å². The summed E-state index contributed by atoms with van der Waals surface area (Å²) in [6.07, 6.45) is 5.43. The van der Waals surface area contributed by atoms with Gasteiger partial charge in [0.25, 0.3) is 0 Å². The first-order valence-electron chi connectivity index (χ1n) is 10.1. The lowest BCUT2D eigenvalue weighted by Crippen LogP contribution is -2.46. The van der Waals surface area contributed by atoms with E-state index in [1.54, 1.807) is 26.8 Å². The molecule has 0 N–H and O–H groups in total. The first kappa shape index (κ1) is 22.2. The fourth-order valence-electron chi connectivity index (χ4n) is 3.44. The van der Waals surface area contributed by atoms with Crippen LogP contribution in [0.1, 0.15) is 49.1 Å². The predicted molar refractivity (Wildman–Crippen MR) is 117 cm³/mol. The molecule has 2 aromatic carbocycles. The number of carbonyl (C=O) groups is 2. The zero-order chi connectivity index (χ0) is 22.6. The van der Waals surface area contributed by atoms with Gasteiger partial charge in [0, 0.05) is 12.1 Å². The third-order valence-corrected chi connectivity index (χ3v) is 4.92. The minimum Gasteiger partial charge on any atom is -0.489 e. The normalized spacial score (nSPS) is 15.5. The molecule has 6 nitrogen and oxygen atoms in total. The highest BCUT2D eigenvalue weighted by molar-refractivity contribution is 5.84. The topological polar surface area (TPSA) is 65.1 Å². The molecule has 6 heteroatoms. The summed E-state index contributed by atoms with van der Waals surface area (Å²) in [5.74, 6) is 2.77. The van der Waals surface area contributed by atoms with Gasteiger partial charge in [0.05, 0.1) is 7.11 Å². The number of hydrogen-bond donors (Lipinski definition) is 0. The number of esters is 1. The molecule has 2 aromatic rings. The van der Waals surface area contributed by atoms with Gasteiger partial charge in [-0.3, -0.25) is 4.90 Å². The van der Waals surface area contributed by atoms with Crippen molar-refractivity contribution in [2.75, 3.05) is 13.7 Å². The van der Waals surface area contributed by atoms with Gasteiger partial charge in [0.1, 0.15) is 18.0 Å². The summed E-state index contributed by atoms with van der Waals surface area (Å²) in [5, 5.41) is 0. The highest BCUT2D eigenvalue weighted by Gasteiger charge is 2.39. The number of amides is 1. The molecule has 1 aliphatic rings. The molecule has 1 aliphatic heterocycles. The molecule has 0 saturated carbocycles. The standard InChI is InChI=1S/C25H27NO5/c1-6-17-7-9-18(10-8-17)16-30-20-11-12-21-19(15-20)13-14-26(22(21)23(27)29-5)24(28)31-25(2,3)4/h1,7-12,15,22H,13-14,16H2,2-5H3/t22-/m1/s1. The van der Waals surface area contributed by atoms with E-state index in [9.17, 15) is 9.59 Å². The van der Waals surface area contributed by atoms with E-state index in [2.05, 4.69) is 5.92 Å². The molecule has 0 aromatic heterocycles. The second-order valence-corrected chi connectivity index (χ2v) is 8.34. The summed E-state index contributed by atoms with van der Waals surface area (Å²) in [4.78, 5) is 26.6. The van der Waals surface area contributed by atoms with Crippen LogP contribution >= 0.6 is 0 Å². The molecule has 3 rings (SSSR count). The minimum absolute atomic E-state index is 0.346. The number of benzene rings is 2. The number of terminal acetylenes is 1. The first-order chi connectivity index (χ1) is 14.7. The first-order valence-corrected chi connectivity index (χ1v) is 10.1. The highest BCUT2D eigenvalue weighted by Crippen LogP contribution is 2.34. The maximum atomic E-state index is 12.7. The number of nitrogens with zero attached hydrogens (tertiary/aromatic N) is 1. The molecule has 0 unspecified atom stereocenters. The molecule has 1 amide bonds. The van der Waals surface area contributed by atoms with Crippen LogP contribution in [-0.2, 0) is 27.3 Å². The van der Waals surface area contributed by atoms with Crippen LogP contribution in [0.5, 0.6) is 5.75 Å². The van der Waals surface area contributed by atoms with E-state index in [1.807, 2.05) is 36.4 Å². The Bertz CT molecular complexity index is 998. The number of rotatable bonds is 4. The highest BCUT2D eigenvalue weighted by atomic mass is 16.6. The minimum atomic E-state index is -0.853. The lowest BCUT2D eigenvalue weighted by atomic mass is 9.92. The second kappa shape index (κ2) is 9.13. The van der Waals surface area contributed by atoms with Crippen LogP contribution in [-0.4, -0.2) is 36.2 Å². The molecule has 0 bridgehead atoms. The fourth-order valence-corrected chi connectivity index (χ4v) is 3.44. The maximum absolute atomic E-state index is 12.7. The van der Waals surface area contributed by atoms with Crippen LogP contribution in [0.4, 0.5) is 4.79 Å². The van der Waals surface area contributed by atoms with E-state index in [0.29, 0.717) is 25.3 Å². The van der Waals surface area contributed by atoms with Gasteiger partial charge in [-0.25, -0.2) is 9.59 Å². The third-order valence-electron chi connectivity index (χ3n) is 4.92. The summed E-state index contributed by atoms with van der Waals surface area (Å²) in [5.41, 5.74) is 2.82. The van der Waals surface area contributed by atoms with Gasteiger partial charge in [-0.1, -0.05) is 24.1 Å². The molecule has 0 saturated heterocycles. The van der Waals surface area contributed by atoms with E-state index < -0.39 is 23.7 Å². The number of hydrogen-bond acceptors (Lipinski definition) is 5. The van der Waals surface area contributed by atoms with Crippen molar-refractivity contribution in [3.05, 3.63) is 64.7 Å². The Morgan fingerprint density at radius 1 is 1.16 bits per heavy atom. The number of methoxy groups -OCH3 is 1. The molecule has 0 fully saturated rings. The van der Waals surface area contributed by atoms with Gasteiger partial charge < -0.3 is 14.2 Å². The lowest BCUT2D eigenvalue weighted by Gasteiger charge is -2.36. The van der Waals surface area contributed by atoms with Crippen molar-refractivity contribution in [3.63, 3.8) is 0 Å². The van der Waals surface area contributed by atoms with Gasteiger partial charge in [-0.15, -0.1) is 6.42 Å². The summed E-state index contributed by atoms with van der Waals surface area (Å²) in [6.45, 7) is 6.12. The number of carbonyl (C=O) groups excluding carboxylic acids is 2. The SMILES string of the molecule is C#Cc1ccc(COc2ccc3c(c2)CCN(C(=O)OC(C)(C)C)[C@H]3C(=O)OC)cc1. The summed E-state index contributed by atoms with van der Waals surface area (Å²) in [6, 6.07) is 12.3. The van der Waals surface area contributed by atoms with Crippen LogP contribution < -0.4 is 4.74 Å². The lowest BCUT2D eigenvalue weighted by molar-refractivity contribution is -0.147. The van der Waals surface area contributed by atoms with E-state index in [0.717, 1.165) is 22.3 Å². The quantitative estimate of drug-likeness (QED) is 0.545. The molecule has 0 spiro atoms. The Hall–Kier alpha value is -3.46. The van der Waals surface area contributed by atoms with E-state index in [-0.39, 0.29) is 0 Å². The van der Waals surface area contributed by atoms with Gasteiger partial charge in [0.2, 0.25) is 0 Å². The van der Waals surface area contributed by atoms with Gasteiger partial charge in [-0.2, -0.15) is 0 Å². The van der Waals surface area contributed by atoms with E-state index >= 15 is 0 Å². The van der Waals surface area contributed by atoms with Crippen LogP contribution in [0.15, 0.2) is 42.5 Å². The molecule has 1 atom stereocenters. The van der Waals surface area contributed by atoms with Gasteiger partial charge in [-0.05, 0) is 68.1 Å². The van der Waals surface area contributed by atoms with Crippen molar-refractivity contribution in [2.45, 2.75) is 45.4 Å². The van der Waals surface area contributed by atoms with Crippen LogP contribution in [0.2, 0.25) is 0 Å². The number of fused-ring (bicyclic) bond motifs is 1. The Morgan fingerprint density at radius 2 is 1.87 bits per heavy atom. The monoisotopic (exact) mass is 421 g/mol. The third kappa shape index (κ3) is 5.37.